The van der Waals surface area contributed by atoms with E-state index in [0.29, 0.717) is 51.2 Å². The molecule has 9 rings (SSSR count). The van der Waals surface area contributed by atoms with Gasteiger partial charge in [0.15, 0.2) is 12.4 Å². The van der Waals surface area contributed by atoms with Crippen LogP contribution in [0.5, 0.6) is 5.75 Å². The zero-order chi connectivity index (χ0) is 28.0. The number of piperidine rings is 1. The van der Waals surface area contributed by atoms with E-state index >= 15 is 0 Å². The van der Waals surface area contributed by atoms with Crippen molar-refractivity contribution in [2.75, 3.05) is 41.8 Å². The molecule has 0 spiro atoms. The maximum Gasteiger partial charge on any atom is 0.301 e. The molecule has 2 aliphatic carbocycles. The second kappa shape index (κ2) is 9.16. The summed E-state index contributed by atoms with van der Waals surface area (Å²) in [5.41, 5.74) is 1.11. The molecule has 3 atom stereocenters. The summed E-state index contributed by atoms with van der Waals surface area (Å²) in [7, 11) is 1.62. The maximum atomic E-state index is 15.0. The highest BCUT2D eigenvalue weighted by Gasteiger charge is 2.51. The average molecular weight is 584 g/mol. The Balaban J connectivity index is 1.10. The molecule has 12 heteroatoms. The van der Waals surface area contributed by atoms with E-state index in [2.05, 4.69) is 25.4 Å². The van der Waals surface area contributed by atoms with Crippen LogP contribution in [0.15, 0.2) is 29.2 Å². The number of halogens is 3. The van der Waals surface area contributed by atoms with Crippen LogP contribution < -0.4 is 25.8 Å². The quantitative estimate of drug-likeness (QED) is 0.435. The van der Waals surface area contributed by atoms with Crippen molar-refractivity contribution in [2.45, 2.75) is 56.2 Å². The van der Waals surface area contributed by atoms with E-state index in [4.69, 9.17) is 21.3 Å². The van der Waals surface area contributed by atoms with Crippen molar-refractivity contribution in [2.24, 2.45) is 18.9 Å². The van der Waals surface area contributed by atoms with Gasteiger partial charge >= 0.3 is 5.92 Å². The number of rotatable bonds is 6. The lowest BCUT2D eigenvalue weighted by atomic mass is 9.87. The molecule has 41 heavy (non-hydrogen) atoms. The van der Waals surface area contributed by atoms with Crippen LogP contribution in [-0.2, 0) is 7.05 Å². The highest BCUT2D eigenvalue weighted by atomic mass is 35.5. The molecule has 2 N–H and O–H groups in total. The number of piperazine rings is 1. The van der Waals surface area contributed by atoms with Crippen molar-refractivity contribution in [3.8, 4) is 5.75 Å². The first-order valence-electron chi connectivity index (χ1n) is 14.5. The molecule has 2 unspecified atom stereocenters. The lowest BCUT2D eigenvalue weighted by molar-refractivity contribution is -0.0579. The molecule has 9 nitrogen and oxygen atoms in total. The largest absolute Gasteiger partial charge is 0.480 e. The molecule has 3 aromatic rings. The summed E-state index contributed by atoms with van der Waals surface area (Å²) in [5, 5.41) is 7.31. The molecule has 2 saturated carbocycles. The van der Waals surface area contributed by atoms with Gasteiger partial charge in [-0.15, -0.1) is 0 Å². The standard InChI is InChI=1S/C29H32ClF2N7O2/c1-37-22-7-6-17(8-20(22)23-24(27(37)40)41-14-29(31,32)25(35-23)16-4-5-16)34-26-21(30)10-33-28(36-26)38-12-18-9-19(13-38)39(18)11-15-2-3-15/h6-8,10,15-16,18-19,25,35H,2-5,9,11-14H2,1H3,(H,33,34,36)/t18?,19?,25-/m0/s1. The summed E-state index contributed by atoms with van der Waals surface area (Å²) in [4.78, 5) is 27.3. The SMILES string of the molecule is Cn1c(=O)c2c(c3cc(Nc4nc(N5CC6CC(C5)N6CC5CC5)ncc4Cl)ccc31)N[C@@H](C1CC1)C(F)(F)CO2. The van der Waals surface area contributed by atoms with Gasteiger partial charge in [-0.05, 0) is 62.1 Å². The molecule has 5 fully saturated rings. The topological polar surface area (TPSA) is 87.6 Å². The number of pyridine rings is 1. The first-order valence-corrected chi connectivity index (χ1v) is 14.9. The van der Waals surface area contributed by atoms with Crippen molar-refractivity contribution in [1.29, 1.82) is 0 Å². The number of hydrogen-bond acceptors (Lipinski definition) is 8. The zero-order valence-electron chi connectivity index (χ0n) is 22.7. The van der Waals surface area contributed by atoms with E-state index in [1.807, 2.05) is 12.1 Å². The van der Waals surface area contributed by atoms with Gasteiger partial charge in [0, 0.05) is 49.8 Å². The minimum absolute atomic E-state index is 0.0817. The molecular weight excluding hydrogens is 552 g/mol. The fourth-order valence-electron chi connectivity index (χ4n) is 6.77. The van der Waals surface area contributed by atoms with E-state index in [1.165, 1.54) is 30.4 Å². The summed E-state index contributed by atoms with van der Waals surface area (Å²) >= 11 is 6.53. The highest BCUT2D eigenvalue weighted by Crippen LogP contribution is 2.46. The molecule has 4 aliphatic heterocycles. The van der Waals surface area contributed by atoms with Gasteiger partial charge in [0.2, 0.25) is 11.7 Å². The summed E-state index contributed by atoms with van der Waals surface area (Å²) < 4.78 is 36.9. The number of nitrogens with one attached hydrogen (secondary N) is 2. The van der Waals surface area contributed by atoms with Crippen LogP contribution >= 0.6 is 11.6 Å². The highest BCUT2D eigenvalue weighted by molar-refractivity contribution is 6.33. The molecule has 3 saturated heterocycles. The molecule has 216 valence electrons. The Kier molecular flexibility index (Phi) is 5.70. The third kappa shape index (κ3) is 4.39. The third-order valence-corrected chi connectivity index (χ3v) is 9.67. The lowest BCUT2D eigenvalue weighted by Crippen LogP contribution is -2.69. The van der Waals surface area contributed by atoms with E-state index in [0.717, 1.165) is 31.8 Å². The normalized spacial score (nSPS) is 26.9. The number of aryl methyl sites for hydroxylation is 1. The number of fused-ring (bicyclic) bond motifs is 5. The molecular formula is C29H32ClF2N7O2. The van der Waals surface area contributed by atoms with Gasteiger partial charge in [-0.25, -0.2) is 13.8 Å². The lowest BCUT2D eigenvalue weighted by Gasteiger charge is -2.56. The smallest absolute Gasteiger partial charge is 0.301 e. The van der Waals surface area contributed by atoms with Crippen LogP contribution in [0.4, 0.5) is 31.9 Å². The Morgan fingerprint density at radius 3 is 2.71 bits per heavy atom. The first kappa shape index (κ1) is 25.5. The van der Waals surface area contributed by atoms with Crippen molar-refractivity contribution in [3.05, 3.63) is 39.8 Å². The predicted octanol–water partition coefficient (Wildman–Crippen LogP) is 4.62. The van der Waals surface area contributed by atoms with Crippen LogP contribution in [-0.4, -0.2) is 69.7 Å². The van der Waals surface area contributed by atoms with Gasteiger partial charge in [-0.2, -0.15) is 4.98 Å². The van der Waals surface area contributed by atoms with Crippen molar-refractivity contribution in [1.82, 2.24) is 19.4 Å². The summed E-state index contributed by atoms with van der Waals surface area (Å²) in [5.74, 6) is -1.34. The Morgan fingerprint density at radius 2 is 1.98 bits per heavy atom. The summed E-state index contributed by atoms with van der Waals surface area (Å²) in [6.07, 6.45) is 7.02. The Morgan fingerprint density at radius 1 is 1.20 bits per heavy atom. The van der Waals surface area contributed by atoms with Gasteiger partial charge in [0.1, 0.15) is 5.02 Å². The van der Waals surface area contributed by atoms with Crippen LogP contribution in [0.1, 0.15) is 32.1 Å². The van der Waals surface area contributed by atoms with Crippen LogP contribution in [0, 0.1) is 11.8 Å². The molecule has 2 bridgehead atoms. The van der Waals surface area contributed by atoms with Crippen molar-refractivity contribution in [3.63, 3.8) is 0 Å². The number of ether oxygens (including phenoxy) is 1. The second-order valence-corrected chi connectivity index (χ2v) is 12.8. The molecule has 6 heterocycles. The zero-order valence-corrected chi connectivity index (χ0v) is 23.5. The second-order valence-electron chi connectivity index (χ2n) is 12.4. The van der Waals surface area contributed by atoms with Crippen LogP contribution in [0.3, 0.4) is 0 Å². The fraction of sp³-hybridized carbons (Fsp3) is 0.552. The molecule has 0 radical (unpaired) electrons. The Hall–Kier alpha value is -3.18. The van der Waals surface area contributed by atoms with Gasteiger partial charge in [0.05, 0.1) is 23.4 Å². The number of anilines is 4. The minimum Gasteiger partial charge on any atom is -0.480 e. The van der Waals surface area contributed by atoms with E-state index in [9.17, 15) is 13.6 Å². The van der Waals surface area contributed by atoms with Gasteiger partial charge in [0.25, 0.3) is 5.56 Å². The maximum absolute atomic E-state index is 15.0. The van der Waals surface area contributed by atoms with Crippen LogP contribution in [0.2, 0.25) is 5.02 Å². The van der Waals surface area contributed by atoms with Gasteiger partial charge in [-0.1, -0.05) is 11.6 Å². The Bertz CT molecular complexity index is 1600. The predicted molar refractivity (Wildman–Crippen MR) is 154 cm³/mol. The number of hydrogen-bond donors (Lipinski definition) is 2. The van der Waals surface area contributed by atoms with Gasteiger partial charge in [-0.3, -0.25) is 9.69 Å². The Labute approximate surface area is 240 Å². The third-order valence-electron chi connectivity index (χ3n) is 9.40. The number of benzene rings is 1. The molecule has 0 amide bonds. The molecule has 2 aromatic heterocycles. The van der Waals surface area contributed by atoms with E-state index in [1.54, 1.807) is 19.3 Å². The minimum atomic E-state index is -3.09. The fourth-order valence-corrected chi connectivity index (χ4v) is 6.91. The average Bonchev–Trinajstić information content (AvgIpc) is 3.87. The molecule has 1 aromatic carbocycles. The number of alkyl halides is 2. The monoisotopic (exact) mass is 583 g/mol. The van der Waals surface area contributed by atoms with Crippen molar-refractivity contribution >= 4 is 45.6 Å². The number of aromatic nitrogens is 3. The number of nitrogens with zero attached hydrogens (tertiary/aromatic N) is 5. The molecule has 6 aliphatic rings. The van der Waals surface area contributed by atoms with Crippen LogP contribution in [0.25, 0.3) is 10.9 Å². The van der Waals surface area contributed by atoms with Gasteiger partial charge < -0.3 is 24.8 Å². The summed E-state index contributed by atoms with van der Waals surface area (Å²) in [6.45, 7) is 2.19. The van der Waals surface area contributed by atoms with E-state index in [-0.39, 0.29) is 11.7 Å². The van der Waals surface area contributed by atoms with Crippen molar-refractivity contribution < 1.29 is 13.5 Å². The summed E-state index contributed by atoms with van der Waals surface area (Å²) in [6, 6.07) is 5.44. The van der Waals surface area contributed by atoms with E-state index < -0.39 is 24.1 Å². The first-order chi connectivity index (χ1) is 19.7.